The quantitative estimate of drug-likeness (QED) is 0.273. The monoisotopic (exact) mass is 310 g/mol. The van der Waals surface area contributed by atoms with Gasteiger partial charge in [0.2, 0.25) is 0 Å². The van der Waals surface area contributed by atoms with Crippen LogP contribution in [0.15, 0.2) is 0 Å². The summed E-state index contributed by atoms with van der Waals surface area (Å²) in [5, 5.41) is 0. The largest absolute Gasteiger partial charge is 1.00 e. The first-order valence-electron chi connectivity index (χ1n) is 6.73. The fraction of sp³-hybridized carbons (Fsp3) is 1.00. The maximum absolute atomic E-state index is 10.1. The van der Waals surface area contributed by atoms with Gasteiger partial charge in [-0.1, -0.05) is 64.7 Å². The Morgan fingerprint density at radius 1 is 0.842 bits per heavy atom. The molecule has 0 aliphatic rings. The summed E-state index contributed by atoms with van der Waals surface area (Å²) in [6.45, 7) is 2.26. The second-order valence-electron chi connectivity index (χ2n) is 4.46. The van der Waals surface area contributed by atoms with Gasteiger partial charge in [0.05, 0.1) is 14.4 Å². The summed E-state index contributed by atoms with van der Waals surface area (Å²) in [5.41, 5.74) is 0. The van der Waals surface area contributed by atoms with Gasteiger partial charge in [0.25, 0.3) is 0 Å². The summed E-state index contributed by atoms with van der Waals surface area (Å²) >= 11 is 0. The normalized spacial score (nSPS) is 10.7. The number of phosphoric acid groups is 1. The molecule has 0 aromatic rings. The topological polar surface area (TPSA) is 72.4 Å². The number of phosphoric ester groups is 1. The third-order valence-corrected chi connectivity index (χ3v) is 3.25. The summed E-state index contributed by atoms with van der Waals surface area (Å²) in [6, 6.07) is 0. The van der Waals surface area contributed by atoms with E-state index in [4.69, 9.17) is 0 Å². The van der Waals surface area contributed by atoms with Crippen molar-refractivity contribution < 1.29 is 48.4 Å². The number of unbranched alkanes of at least 4 members (excludes halogenated alkanes) is 9. The van der Waals surface area contributed by atoms with Crippen molar-refractivity contribution in [1.82, 2.24) is 0 Å². The van der Waals surface area contributed by atoms with Gasteiger partial charge in [0.15, 0.2) is 0 Å². The first-order valence-corrected chi connectivity index (χ1v) is 8.19. The zero-order chi connectivity index (χ0) is 13.0. The van der Waals surface area contributed by atoms with Crippen LogP contribution in [0, 0.1) is 0 Å². The Bertz CT molecular complexity index is 212. The maximum Gasteiger partial charge on any atom is 1.00 e. The molecule has 0 heterocycles. The second kappa shape index (κ2) is 18.2. The molecule has 0 bridgehead atoms. The van der Waals surface area contributed by atoms with Crippen molar-refractivity contribution >= 4 is 37.4 Å². The number of hydrogen-bond acceptors (Lipinski definition) is 4. The molecule has 0 spiro atoms. The van der Waals surface area contributed by atoms with Gasteiger partial charge in [-0.05, 0) is 6.42 Å². The zero-order valence-corrected chi connectivity index (χ0v) is 17.8. The van der Waals surface area contributed by atoms with E-state index in [1.165, 1.54) is 44.9 Å². The van der Waals surface area contributed by atoms with Crippen molar-refractivity contribution in [1.29, 1.82) is 0 Å². The van der Waals surface area contributed by atoms with E-state index >= 15 is 0 Å². The average Bonchev–Trinajstić information content (AvgIpc) is 2.24. The standard InChI is InChI=1S/C12H27O4P.2Na/c1-2-3-4-5-6-7-8-9-10-11-12-16-17(13,14)15;;/h2-12H2,1H3,(H2,13,14,15);;/q;;+1/p-2. The fourth-order valence-corrected chi connectivity index (χ4v) is 2.12. The van der Waals surface area contributed by atoms with E-state index in [0.29, 0.717) is 6.42 Å². The van der Waals surface area contributed by atoms with Gasteiger partial charge < -0.3 is 18.9 Å². The van der Waals surface area contributed by atoms with E-state index in [-0.39, 0.29) is 65.7 Å². The van der Waals surface area contributed by atoms with E-state index in [1.807, 2.05) is 0 Å². The van der Waals surface area contributed by atoms with Crippen LogP contribution in [0.4, 0.5) is 0 Å². The SMILES string of the molecule is CCCCCCCCCCCCOP(=O)([O-])[O-].[Na+].[Na]. The average molecular weight is 310 g/mol. The van der Waals surface area contributed by atoms with Crippen LogP contribution < -0.4 is 39.3 Å². The zero-order valence-electron chi connectivity index (χ0n) is 12.9. The van der Waals surface area contributed by atoms with Crippen molar-refractivity contribution in [3.8, 4) is 0 Å². The fourth-order valence-electron chi connectivity index (χ4n) is 1.77. The smallest absolute Gasteiger partial charge is 0.790 e. The van der Waals surface area contributed by atoms with E-state index in [1.54, 1.807) is 0 Å². The molecule has 0 N–H and O–H groups in total. The minimum absolute atomic E-state index is 0. The second-order valence-corrected chi connectivity index (χ2v) is 5.62. The molecule has 7 heteroatoms. The molecule has 0 aliphatic carbocycles. The van der Waals surface area contributed by atoms with Gasteiger partial charge in [-0.15, -0.1) is 0 Å². The third-order valence-electron chi connectivity index (χ3n) is 2.75. The molecule has 0 atom stereocenters. The molecule has 4 nitrogen and oxygen atoms in total. The molecule has 0 aromatic carbocycles. The molecule has 0 saturated carbocycles. The molecule has 0 amide bonds. The van der Waals surface area contributed by atoms with Crippen LogP contribution >= 0.6 is 7.82 Å². The Kier molecular flexibility index (Phi) is 24.9. The van der Waals surface area contributed by atoms with Gasteiger partial charge in [-0.3, -0.25) is 0 Å². The van der Waals surface area contributed by atoms with Gasteiger partial charge >= 0.3 is 29.6 Å². The molecule has 0 saturated heterocycles. The molecule has 19 heavy (non-hydrogen) atoms. The first-order chi connectivity index (χ1) is 8.06. The molecule has 0 rings (SSSR count). The van der Waals surface area contributed by atoms with Crippen LogP contribution in [-0.2, 0) is 9.09 Å². The summed E-state index contributed by atoms with van der Waals surface area (Å²) < 4.78 is 14.3. The van der Waals surface area contributed by atoms with Crippen LogP contribution in [-0.4, -0.2) is 36.2 Å². The molecular weight excluding hydrogens is 285 g/mol. The Labute approximate surface area is 162 Å². The first kappa shape index (κ1) is 26.0. The van der Waals surface area contributed by atoms with E-state index in [0.717, 1.165) is 12.8 Å². The molecule has 0 unspecified atom stereocenters. The maximum atomic E-state index is 10.1. The van der Waals surface area contributed by atoms with Crippen molar-refractivity contribution in [2.75, 3.05) is 6.61 Å². The van der Waals surface area contributed by atoms with E-state index in [9.17, 15) is 14.4 Å². The molecule has 0 aliphatic heterocycles. The minimum atomic E-state index is -4.74. The Balaban J connectivity index is -0.00000128. The third kappa shape index (κ3) is 25.4. The van der Waals surface area contributed by atoms with Crippen LogP contribution in [0.1, 0.15) is 71.1 Å². The number of hydrogen-bond donors (Lipinski definition) is 0. The van der Waals surface area contributed by atoms with Crippen molar-refractivity contribution in [2.45, 2.75) is 71.1 Å². The molecular formula is C12H25Na2O4P-. The van der Waals surface area contributed by atoms with Gasteiger partial charge in [0.1, 0.15) is 0 Å². The van der Waals surface area contributed by atoms with E-state index < -0.39 is 7.82 Å². The van der Waals surface area contributed by atoms with Crippen LogP contribution in [0.2, 0.25) is 0 Å². The van der Waals surface area contributed by atoms with Crippen molar-refractivity contribution in [3.05, 3.63) is 0 Å². The molecule has 0 aromatic heterocycles. The molecule has 105 valence electrons. The summed E-state index contributed by atoms with van der Waals surface area (Å²) in [5.74, 6) is 0. The minimum Gasteiger partial charge on any atom is -0.790 e. The van der Waals surface area contributed by atoms with Crippen LogP contribution in [0.5, 0.6) is 0 Å². The predicted molar refractivity (Wildman–Crippen MR) is 71.2 cm³/mol. The Morgan fingerprint density at radius 3 is 1.58 bits per heavy atom. The van der Waals surface area contributed by atoms with Crippen molar-refractivity contribution in [3.63, 3.8) is 0 Å². The van der Waals surface area contributed by atoms with Crippen LogP contribution in [0.3, 0.4) is 0 Å². The molecule has 0 fully saturated rings. The van der Waals surface area contributed by atoms with Gasteiger partial charge in [-0.25, -0.2) is 0 Å². The Hall–Kier alpha value is 2.11. The number of rotatable bonds is 12. The predicted octanol–water partition coefficient (Wildman–Crippen LogP) is -0.624. The van der Waals surface area contributed by atoms with E-state index in [2.05, 4.69) is 11.4 Å². The van der Waals surface area contributed by atoms with Crippen molar-refractivity contribution in [2.24, 2.45) is 0 Å². The summed E-state index contributed by atoms with van der Waals surface area (Å²) in [7, 11) is -4.74. The summed E-state index contributed by atoms with van der Waals surface area (Å²) in [6.07, 6.45) is 11.7. The summed E-state index contributed by atoms with van der Waals surface area (Å²) in [4.78, 5) is 20.3. The van der Waals surface area contributed by atoms with Crippen LogP contribution in [0.25, 0.3) is 0 Å². The van der Waals surface area contributed by atoms with Gasteiger partial charge in [0, 0.05) is 29.6 Å². The Morgan fingerprint density at radius 2 is 1.21 bits per heavy atom. The van der Waals surface area contributed by atoms with Gasteiger partial charge in [-0.2, -0.15) is 0 Å². The molecule has 1 radical (unpaired) electrons.